The number of aromatic nitrogens is 3. The third-order valence-corrected chi connectivity index (χ3v) is 9.50. The quantitative estimate of drug-likeness (QED) is 0.341. The van der Waals surface area contributed by atoms with E-state index < -0.39 is 66.0 Å². The van der Waals surface area contributed by atoms with Gasteiger partial charge in [0.25, 0.3) is 0 Å². The summed E-state index contributed by atoms with van der Waals surface area (Å²) in [6.07, 6.45) is -3.96. The van der Waals surface area contributed by atoms with Crippen LogP contribution in [0.3, 0.4) is 0 Å². The summed E-state index contributed by atoms with van der Waals surface area (Å²) in [5.41, 5.74) is -1.53. The fraction of sp³-hybridized carbons (Fsp3) is 0.840. The van der Waals surface area contributed by atoms with Crippen molar-refractivity contribution >= 4 is 11.8 Å². The lowest BCUT2D eigenvalue weighted by molar-refractivity contribution is -0.188. The maximum absolute atomic E-state index is 15.0. The number of rotatable bonds is 8. The average molecular weight is 572 g/mol. The summed E-state index contributed by atoms with van der Waals surface area (Å²) in [6.45, 7) is 2.30. The predicted molar refractivity (Wildman–Crippen MR) is 130 cm³/mol. The molecule has 1 N–H and O–H groups in total. The Hall–Kier alpha value is -1.31. The molecule has 1 aliphatic heterocycles. The Balaban J connectivity index is 1.31. The fourth-order valence-electron chi connectivity index (χ4n) is 5.74. The zero-order valence-corrected chi connectivity index (χ0v) is 22.0. The Labute approximate surface area is 222 Å². The highest BCUT2D eigenvalue weighted by Crippen LogP contribution is 2.44. The second kappa shape index (κ2) is 12.5. The molecule has 2 heterocycles. The maximum atomic E-state index is 15.0. The van der Waals surface area contributed by atoms with Crippen LogP contribution in [0.15, 0.2) is 24.8 Å². The number of hydrogen-bond donors (Lipinski definition) is 1. The molecule has 2 saturated carbocycles. The van der Waals surface area contributed by atoms with E-state index in [1.165, 1.54) is 35.2 Å². The van der Waals surface area contributed by atoms with E-state index in [9.17, 15) is 31.4 Å². The second-order valence-corrected chi connectivity index (χ2v) is 12.3. The summed E-state index contributed by atoms with van der Waals surface area (Å²) < 4.78 is 94.6. The molecular weight excluding hydrogens is 536 g/mol. The highest BCUT2D eigenvalue weighted by molar-refractivity contribution is 8.00. The average Bonchev–Trinajstić information content (AvgIpc) is 3.36. The van der Waals surface area contributed by atoms with Crippen LogP contribution >= 0.6 is 11.8 Å². The minimum atomic E-state index is -4.38. The predicted octanol–water partition coefficient (Wildman–Crippen LogP) is 5.22. The lowest BCUT2D eigenvalue weighted by atomic mass is 9.73. The Morgan fingerprint density at radius 3 is 2.39 bits per heavy atom. The van der Waals surface area contributed by atoms with Crippen LogP contribution in [0, 0.1) is 17.8 Å². The van der Waals surface area contributed by atoms with Gasteiger partial charge in [-0.3, -0.25) is 4.68 Å². The largest absolute Gasteiger partial charge is 0.391 e. The van der Waals surface area contributed by atoms with Gasteiger partial charge >= 0.3 is 6.18 Å². The van der Waals surface area contributed by atoms with Crippen LogP contribution in [-0.4, -0.2) is 80.2 Å². The normalized spacial score (nSPS) is 37.7. The number of aliphatic hydroxyl groups is 1. The first-order valence-electron chi connectivity index (χ1n) is 13.1. The first kappa shape index (κ1) is 29.7. The van der Waals surface area contributed by atoms with Gasteiger partial charge in [0.15, 0.2) is 6.29 Å². The molecule has 3 fully saturated rings. The number of thioether (sulfide) groups is 1. The Kier molecular flexibility index (Phi) is 9.73. The van der Waals surface area contributed by atoms with Gasteiger partial charge in [-0.15, -0.1) is 11.8 Å². The van der Waals surface area contributed by atoms with Crippen LogP contribution in [0.2, 0.25) is 0 Å². The van der Waals surface area contributed by atoms with E-state index >= 15 is 0 Å². The number of ether oxygens (including phenoxy) is 2. The number of hydrogen-bond acceptors (Lipinski definition) is 6. The van der Waals surface area contributed by atoms with Gasteiger partial charge in [0.05, 0.1) is 30.9 Å². The monoisotopic (exact) mass is 571 g/mol. The molecule has 0 radical (unpaired) electrons. The van der Waals surface area contributed by atoms with E-state index in [0.717, 1.165) is 0 Å². The van der Waals surface area contributed by atoms with Crippen molar-refractivity contribution in [3.63, 3.8) is 0 Å². The topological polar surface area (TPSA) is 69.4 Å². The van der Waals surface area contributed by atoms with Crippen LogP contribution in [0.1, 0.15) is 45.4 Å². The van der Waals surface area contributed by atoms with E-state index in [2.05, 4.69) is 10.1 Å². The van der Waals surface area contributed by atoms with Crippen molar-refractivity contribution in [2.75, 3.05) is 13.2 Å². The molecule has 216 valence electrons. The van der Waals surface area contributed by atoms with Gasteiger partial charge in [0, 0.05) is 23.5 Å². The van der Waals surface area contributed by atoms with E-state index in [1.807, 2.05) is 0 Å². The van der Waals surface area contributed by atoms with Gasteiger partial charge in [0.2, 0.25) is 0 Å². The van der Waals surface area contributed by atoms with E-state index in [0.29, 0.717) is 0 Å². The molecule has 0 amide bonds. The van der Waals surface area contributed by atoms with Gasteiger partial charge in [-0.05, 0) is 38.2 Å². The number of allylic oxidation sites excluding steroid dienone is 1. The molecule has 1 saturated heterocycles. The molecule has 6 nitrogen and oxygen atoms in total. The fourth-order valence-corrected chi connectivity index (χ4v) is 7.11. The van der Waals surface area contributed by atoms with Gasteiger partial charge in [-0.1, -0.05) is 13.0 Å². The summed E-state index contributed by atoms with van der Waals surface area (Å²) in [5, 5.41) is 15.2. The Bertz CT molecular complexity index is 901. The highest BCUT2D eigenvalue weighted by atomic mass is 32.2. The number of nitrogens with zero attached hydrogens (tertiary/aromatic N) is 3. The van der Waals surface area contributed by atoms with Crippen LogP contribution < -0.4 is 0 Å². The summed E-state index contributed by atoms with van der Waals surface area (Å²) in [4.78, 5) is 3.90. The molecular formula is C25H35F6N3O3S. The van der Waals surface area contributed by atoms with Crippen molar-refractivity contribution < 1.29 is 40.9 Å². The first-order chi connectivity index (χ1) is 18.0. The van der Waals surface area contributed by atoms with Crippen LogP contribution in [0.4, 0.5) is 26.3 Å². The number of halogens is 6. The van der Waals surface area contributed by atoms with Gasteiger partial charge in [-0.2, -0.15) is 18.3 Å². The molecule has 3 aliphatic rings. The summed E-state index contributed by atoms with van der Waals surface area (Å²) in [7, 11) is 0. The molecule has 0 spiro atoms. The van der Waals surface area contributed by atoms with Gasteiger partial charge < -0.3 is 14.6 Å². The SMILES string of the molecule is C[C@@H](SC1COC(/C=C/C2CCC(C(F)(F)F)CC2F)OC1)[C@](O)(Cn1cncn1)C1CCC(F)CC1F. The van der Waals surface area contributed by atoms with Crippen molar-refractivity contribution in [3.8, 4) is 0 Å². The van der Waals surface area contributed by atoms with Gasteiger partial charge in [0.1, 0.15) is 36.8 Å². The Morgan fingerprint density at radius 2 is 1.79 bits per heavy atom. The first-order valence-corrected chi connectivity index (χ1v) is 14.0. The van der Waals surface area contributed by atoms with Crippen LogP contribution in [-0.2, 0) is 16.0 Å². The number of alkyl halides is 6. The molecule has 13 heteroatoms. The van der Waals surface area contributed by atoms with Crippen molar-refractivity contribution in [1.82, 2.24) is 14.8 Å². The third kappa shape index (κ3) is 7.25. The minimum Gasteiger partial charge on any atom is -0.386 e. The van der Waals surface area contributed by atoms with Crippen molar-refractivity contribution in [2.45, 2.75) is 99.1 Å². The molecule has 2 aliphatic carbocycles. The lowest BCUT2D eigenvalue weighted by Crippen LogP contribution is -2.55. The maximum Gasteiger partial charge on any atom is 0.391 e. The smallest absolute Gasteiger partial charge is 0.386 e. The zero-order valence-electron chi connectivity index (χ0n) is 21.2. The van der Waals surface area contributed by atoms with Gasteiger partial charge in [-0.25, -0.2) is 18.2 Å². The van der Waals surface area contributed by atoms with Crippen molar-refractivity contribution in [1.29, 1.82) is 0 Å². The summed E-state index contributed by atoms with van der Waals surface area (Å²) in [5.74, 6) is -3.00. The third-order valence-electron chi connectivity index (χ3n) is 8.03. The highest BCUT2D eigenvalue weighted by Gasteiger charge is 2.50. The molecule has 38 heavy (non-hydrogen) atoms. The van der Waals surface area contributed by atoms with Crippen LogP contribution in [0.5, 0.6) is 0 Å². The molecule has 6 unspecified atom stereocenters. The minimum absolute atomic E-state index is 0.00395. The van der Waals surface area contributed by atoms with E-state index in [-0.39, 0.29) is 57.1 Å². The van der Waals surface area contributed by atoms with Crippen molar-refractivity contribution in [3.05, 3.63) is 24.8 Å². The lowest BCUT2D eigenvalue weighted by Gasteiger charge is -2.45. The van der Waals surface area contributed by atoms with Crippen LogP contribution in [0.25, 0.3) is 0 Å². The summed E-state index contributed by atoms with van der Waals surface area (Å²) >= 11 is 1.38. The molecule has 0 aromatic carbocycles. The van der Waals surface area contributed by atoms with E-state index in [1.54, 1.807) is 13.0 Å². The zero-order chi connectivity index (χ0) is 27.5. The van der Waals surface area contributed by atoms with Crippen molar-refractivity contribution in [2.24, 2.45) is 17.8 Å². The summed E-state index contributed by atoms with van der Waals surface area (Å²) in [6, 6.07) is 0. The second-order valence-electron chi connectivity index (χ2n) is 10.7. The molecule has 4 rings (SSSR count). The Morgan fingerprint density at radius 1 is 1.05 bits per heavy atom. The standard InChI is InChI=1S/C25H35F6N3O3S/c1-15(24(35,12-34-14-32-13-33-34)20-6-5-18(26)9-22(20)28)38-19-10-36-23(37-11-19)7-3-16-2-4-17(8-21(16)27)25(29,30)31/h3,7,13-23,35H,2,4-6,8-12H2,1H3/b7-3+/t15-,16?,17?,18?,19?,20?,21?,22?,23?,24-/m1/s1. The molecule has 1 aromatic heterocycles. The molecule has 1 aromatic rings. The van der Waals surface area contributed by atoms with E-state index in [4.69, 9.17) is 9.47 Å². The molecule has 0 bridgehead atoms. The molecule has 8 atom stereocenters.